The molecule has 0 atom stereocenters. The highest BCUT2D eigenvalue weighted by atomic mass is 14.2. The summed E-state index contributed by atoms with van der Waals surface area (Å²) in [5.41, 5.74) is 13.7. The number of hydrogen-bond donors (Lipinski definition) is 0. The van der Waals surface area contributed by atoms with E-state index in [9.17, 15) is 0 Å². The van der Waals surface area contributed by atoms with Crippen molar-refractivity contribution in [2.45, 2.75) is 54.4 Å². The predicted octanol–water partition coefficient (Wildman–Crippen LogP) is 10.6. The van der Waals surface area contributed by atoms with Crippen LogP contribution >= 0.6 is 0 Å². The van der Waals surface area contributed by atoms with Gasteiger partial charge in [-0.1, -0.05) is 122 Å². The van der Waals surface area contributed by atoms with E-state index in [-0.39, 0.29) is 0 Å². The molecule has 0 heterocycles. The molecule has 2 aromatic carbocycles. The van der Waals surface area contributed by atoms with E-state index in [1.165, 1.54) is 55.7 Å². The monoisotopic (exact) mass is 472 g/mol. The van der Waals surface area contributed by atoms with Crippen molar-refractivity contribution in [3.63, 3.8) is 0 Å². The van der Waals surface area contributed by atoms with Crippen molar-refractivity contribution in [1.82, 2.24) is 0 Å². The lowest BCUT2D eigenvalue weighted by atomic mass is 9.86. The minimum atomic E-state index is 0.877. The molecule has 0 aliphatic heterocycles. The molecule has 0 spiro atoms. The molecule has 0 saturated heterocycles. The summed E-state index contributed by atoms with van der Waals surface area (Å²) < 4.78 is 0. The van der Waals surface area contributed by atoms with Gasteiger partial charge < -0.3 is 0 Å². The first kappa shape index (κ1) is 27.0. The number of fused-ring (bicyclic) bond motifs is 3. The molecule has 0 unspecified atom stereocenters. The number of benzene rings is 2. The maximum absolute atomic E-state index is 4.33. The Morgan fingerprint density at radius 1 is 0.889 bits per heavy atom. The molecule has 0 bridgehead atoms. The average molecular weight is 473 g/mol. The molecule has 0 aromatic heterocycles. The third-order valence-electron chi connectivity index (χ3n) is 6.48. The molecule has 1 aliphatic rings. The van der Waals surface area contributed by atoms with Crippen LogP contribution in [-0.4, -0.2) is 0 Å². The van der Waals surface area contributed by atoms with Gasteiger partial charge in [-0.05, 0) is 97.6 Å². The molecule has 0 radical (unpaired) electrons. The van der Waals surface area contributed by atoms with Crippen molar-refractivity contribution in [2.24, 2.45) is 0 Å². The van der Waals surface area contributed by atoms with Crippen LogP contribution in [0.4, 0.5) is 0 Å². The van der Waals surface area contributed by atoms with Gasteiger partial charge >= 0.3 is 0 Å². The predicted molar refractivity (Wildman–Crippen MR) is 162 cm³/mol. The fourth-order valence-corrected chi connectivity index (χ4v) is 4.38. The van der Waals surface area contributed by atoms with Gasteiger partial charge in [-0.15, -0.1) is 0 Å². The molecule has 36 heavy (non-hydrogen) atoms. The minimum absolute atomic E-state index is 0.877. The third kappa shape index (κ3) is 6.73. The Labute approximate surface area is 219 Å². The minimum Gasteiger partial charge on any atom is -0.0911 e. The molecule has 2 aromatic rings. The van der Waals surface area contributed by atoms with Gasteiger partial charge in [0, 0.05) is 0 Å². The van der Waals surface area contributed by atoms with E-state index >= 15 is 0 Å². The third-order valence-corrected chi connectivity index (χ3v) is 6.48. The first-order chi connectivity index (χ1) is 17.3. The number of allylic oxidation sites excluding steroid dienone is 15. The average Bonchev–Trinajstić information content (AvgIpc) is 2.86. The second kappa shape index (κ2) is 12.9. The zero-order valence-corrected chi connectivity index (χ0v) is 22.9. The maximum Gasteiger partial charge on any atom is -0.00879 e. The molecule has 0 nitrogen and oxygen atoms in total. The van der Waals surface area contributed by atoms with Gasteiger partial charge in [-0.2, -0.15) is 0 Å². The van der Waals surface area contributed by atoms with Crippen LogP contribution in [0.3, 0.4) is 0 Å². The molecule has 0 amide bonds. The van der Waals surface area contributed by atoms with Crippen molar-refractivity contribution in [3.8, 4) is 11.1 Å². The molecule has 0 heteroatoms. The number of hydrogen-bond acceptors (Lipinski definition) is 0. The summed E-state index contributed by atoms with van der Waals surface area (Å²) in [7, 11) is 0. The second-order valence-corrected chi connectivity index (χ2v) is 9.80. The molecule has 0 fully saturated rings. The molecular weight excluding hydrogens is 432 g/mol. The van der Waals surface area contributed by atoms with E-state index in [4.69, 9.17) is 0 Å². The summed E-state index contributed by atoms with van der Waals surface area (Å²) in [5, 5.41) is 0. The van der Waals surface area contributed by atoms with Crippen molar-refractivity contribution >= 4 is 11.1 Å². The van der Waals surface area contributed by atoms with Crippen molar-refractivity contribution in [3.05, 3.63) is 143 Å². The standard InChI is InChI=1S/C36H40/c1-8-9-10-14-20-33(29(7)27(4)5)36(24-26(2)3)31-22-23-34-30(25-31)18-13-11-12-17-28(6)32-19-15-16-21-35(32)34/h9-17,19-25H,6,8,18H2,1-5,7H3/b10-9+,13-11-,17-12-,20-14-,36-33+. The van der Waals surface area contributed by atoms with Crippen LogP contribution in [-0.2, 0) is 6.42 Å². The summed E-state index contributed by atoms with van der Waals surface area (Å²) in [6.07, 6.45) is 21.6. The van der Waals surface area contributed by atoms with Crippen LogP contribution in [0, 0.1) is 0 Å². The first-order valence-corrected chi connectivity index (χ1v) is 13.0. The second-order valence-electron chi connectivity index (χ2n) is 9.80. The van der Waals surface area contributed by atoms with Gasteiger partial charge in [0.1, 0.15) is 0 Å². The maximum atomic E-state index is 4.33. The Balaban J connectivity index is 2.31. The molecule has 0 N–H and O–H groups in total. The van der Waals surface area contributed by atoms with Crippen molar-refractivity contribution in [2.75, 3.05) is 0 Å². The van der Waals surface area contributed by atoms with E-state index < -0.39 is 0 Å². The highest BCUT2D eigenvalue weighted by Gasteiger charge is 2.14. The molecular formula is C36H40. The fourth-order valence-electron chi connectivity index (χ4n) is 4.38. The van der Waals surface area contributed by atoms with E-state index in [0.717, 1.165) is 18.4 Å². The van der Waals surface area contributed by atoms with Crippen LogP contribution in [0.5, 0.6) is 0 Å². The molecule has 3 rings (SSSR count). The van der Waals surface area contributed by atoms with Crippen LogP contribution in [0.25, 0.3) is 22.3 Å². The summed E-state index contributed by atoms with van der Waals surface area (Å²) >= 11 is 0. The highest BCUT2D eigenvalue weighted by molar-refractivity contribution is 5.88. The molecule has 184 valence electrons. The van der Waals surface area contributed by atoms with Gasteiger partial charge in [0.05, 0.1) is 0 Å². The molecule has 1 aliphatic carbocycles. The Hall–Kier alpha value is -3.64. The summed E-state index contributed by atoms with van der Waals surface area (Å²) in [4.78, 5) is 0. The number of rotatable bonds is 6. The lowest BCUT2D eigenvalue weighted by Crippen LogP contribution is -1.98. The summed E-state index contributed by atoms with van der Waals surface area (Å²) in [5.74, 6) is 0. The van der Waals surface area contributed by atoms with Crippen molar-refractivity contribution in [1.29, 1.82) is 0 Å². The van der Waals surface area contributed by atoms with Crippen LogP contribution < -0.4 is 0 Å². The van der Waals surface area contributed by atoms with Gasteiger partial charge in [-0.25, -0.2) is 0 Å². The van der Waals surface area contributed by atoms with Crippen LogP contribution in [0.1, 0.15) is 64.7 Å². The van der Waals surface area contributed by atoms with Gasteiger partial charge in [-0.3, -0.25) is 0 Å². The normalized spacial score (nSPS) is 15.7. The quantitative estimate of drug-likeness (QED) is 0.367. The Morgan fingerprint density at radius 2 is 1.64 bits per heavy atom. The van der Waals surface area contributed by atoms with Gasteiger partial charge in [0.2, 0.25) is 0 Å². The zero-order chi connectivity index (χ0) is 26.1. The van der Waals surface area contributed by atoms with E-state index in [2.05, 4.69) is 145 Å². The van der Waals surface area contributed by atoms with Gasteiger partial charge in [0.25, 0.3) is 0 Å². The van der Waals surface area contributed by atoms with E-state index in [0.29, 0.717) is 0 Å². The SMILES string of the molecule is C=C1/C=C\C=C/Cc2cc(\C(C=C(C)C)=C(/C=C\C=C\CC)C(C)=C(C)C)ccc2-c2ccccc21. The fraction of sp³-hybridized carbons (Fsp3) is 0.222. The van der Waals surface area contributed by atoms with E-state index in [1.807, 2.05) is 0 Å². The summed E-state index contributed by atoms with van der Waals surface area (Å²) in [6.45, 7) is 17.5. The smallest absolute Gasteiger partial charge is 0.00879 e. The topological polar surface area (TPSA) is 0 Å². The molecule has 0 saturated carbocycles. The largest absolute Gasteiger partial charge is 0.0911 e. The Morgan fingerprint density at radius 3 is 2.33 bits per heavy atom. The Bertz CT molecular complexity index is 1320. The lowest BCUT2D eigenvalue weighted by molar-refractivity contribution is 1.22. The van der Waals surface area contributed by atoms with Crippen LogP contribution in [0.15, 0.2) is 126 Å². The Kier molecular flexibility index (Phi) is 9.65. The van der Waals surface area contributed by atoms with Crippen molar-refractivity contribution < 1.29 is 0 Å². The summed E-state index contributed by atoms with van der Waals surface area (Å²) in [6, 6.07) is 15.6. The lowest BCUT2D eigenvalue weighted by Gasteiger charge is -2.18. The van der Waals surface area contributed by atoms with Crippen LogP contribution in [0.2, 0.25) is 0 Å². The van der Waals surface area contributed by atoms with Gasteiger partial charge in [0.15, 0.2) is 0 Å². The highest BCUT2D eigenvalue weighted by Crippen LogP contribution is 2.36. The first-order valence-electron chi connectivity index (χ1n) is 13.0. The van der Waals surface area contributed by atoms with E-state index in [1.54, 1.807) is 0 Å². The zero-order valence-electron chi connectivity index (χ0n) is 22.9.